The van der Waals surface area contributed by atoms with Gasteiger partial charge in [-0.2, -0.15) is 0 Å². The van der Waals surface area contributed by atoms with E-state index in [1.54, 1.807) is 5.57 Å². The second kappa shape index (κ2) is 34.0. The summed E-state index contributed by atoms with van der Waals surface area (Å²) in [5.74, 6) is 0. The van der Waals surface area contributed by atoms with Crippen LogP contribution in [0.25, 0.3) is 21.5 Å². The highest BCUT2D eigenvalue weighted by Gasteiger charge is 2.34. The number of benzene rings is 5. The van der Waals surface area contributed by atoms with Crippen molar-refractivity contribution >= 4 is 33.1 Å². The molecule has 0 radical (unpaired) electrons. The number of halogens is 1. The standard InChI is InChI=1S/C66H95Cl/c1-3-5-7-9-11-13-15-17-19-20-21-23-25-27-29-31-43-63(50-46-57-45-49-59-38-32-33-40-61(59)54-57)66(55-58-47-51-64(67)52-48-58,56-62-42-37-41-60-39-34-35-44-65(60)62)53-36-30-28-26-24-22-18-16-14-12-10-8-6-4-2/h32-35,37-42,44-45,47-52,54H,3-31,36,43,46,53,55-56H2,1-2H3. The number of hydrogen-bond acceptors (Lipinski definition) is 0. The van der Waals surface area contributed by atoms with Gasteiger partial charge in [-0.1, -0.05) is 320 Å². The average molecular weight is 924 g/mol. The third kappa shape index (κ3) is 21.5. The molecule has 1 heteroatoms. The van der Waals surface area contributed by atoms with Gasteiger partial charge in [0.05, 0.1) is 0 Å². The second-order valence-electron chi connectivity index (χ2n) is 20.9. The molecule has 0 spiro atoms. The van der Waals surface area contributed by atoms with Crippen LogP contribution in [0.15, 0.2) is 121 Å². The Bertz CT molecular complexity index is 2030. The van der Waals surface area contributed by atoms with Crippen LogP contribution in [0.3, 0.4) is 0 Å². The summed E-state index contributed by atoms with van der Waals surface area (Å²) in [4.78, 5) is 0. The predicted octanol–water partition coefficient (Wildman–Crippen LogP) is 22.1. The van der Waals surface area contributed by atoms with Crippen LogP contribution in [-0.2, 0) is 19.3 Å². The molecule has 0 saturated carbocycles. The van der Waals surface area contributed by atoms with Gasteiger partial charge in [0.25, 0.3) is 0 Å². The average Bonchev–Trinajstić information content (AvgIpc) is 3.35. The van der Waals surface area contributed by atoms with E-state index in [0.717, 1.165) is 24.3 Å². The smallest absolute Gasteiger partial charge is 0.0406 e. The monoisotopic (exact) mass is 923 g/mol. The van der Waals surface area contributed by atoms with Gasteiger partial charge in [-0.05, 0) is 94.3 Å². The molecule has 67 heavy (non-hydrogen) atoms. The molecule has 0 N–H and O–H groups in total. The number of hydrogen-bond donors (Lipinski definition) is 0. The fourth-order valence-electron chi connectivity index (χ4n) is 11.1. The Kier molecular flexibility index (Phi) is 27.7. The highest BCUT2D eigenvalue weighted by Crippen LogP contribution is 2.45. The summed E-state index contributed by atoms with van der Waals surface area (Å²) in [6, 6.07) is 41.1. The minimum atomic E-state index is 0.0153. The molecule has 0 fully saturated rings. The molecule has 1 unspecified atom stereocenters. The van der Waals surface area contributed by atoms with Crippen molar-refractivity contribution in [1.82, 2.24) is 0 Å². The zero-order valence-electron chi connectivity index (χ0n) is 43.1. The molecule has 0 aliphatic carbocycles. The van der Waals surface area contributed by atoms with Crippen molar-refractivity contribution in [2.45, 2.75) is 239 Å². The first-order valence-corrected chi connectivity index (χ1v) is 28.9. The Labute approximate surface area is 417 Å². The first-order chi connectivity index (χ1) is 33.1. The molecule has 1 atom stereocenters. The zero-order chi connectivity index (χ0) is 46.9. The van der Waals surface area contributed by atoms with Crippen LogP contribution < -0.4 is 0 Å². The summed E-state index contributed by atoms with van der Waals surface area (Å²) in [5.41, 5.74) is 6.05. The molecule has 0 aliphatic heterocycles. The first kappa shape index (κ1) is 54.6. The Morgan fingerprint density at radius 2 is 0.851 bits per heavy atom. The Hall–Kier alpha value is -3.35. The third-order valence-corrected chi connectivity index (χ3v) is 15.5. The quantitative estimate of drug-likeness (QED) is 0.0272. The minimum Gasteiger partial charge on any atom is -0.0843 e. The van der Waals surface area contributed by atoms with Crippen LogP contribution in [-0.4, -0.2) is 0 Å². The molecule has 366 valence electrons. The summed E-state index contributed by atoms with van der Waals surface area (Å²) < 4.78 is 0. The highest BCUT2D eigenvalue weighted by molar-refractivity contribution is 6.30. The van der Waals surface area contributed by atoms with Gasteiger partial charge >= 0.3 is 0 Å². The van der Waals surface area contributed by atoms with E-state index < -0.39 is 0 Å². The van der Waals surface area contributed by atoms with Crippen molar-refractivity contribution < 1.29 is 0 Å². The van der Waals surface area contributed by atoms with Crippen LogP contribution in [0.2, 0.25) is 5.02 Å². The molecular formula is C66H95Cl. The van der Waals surface area contributed by atoms with Gasteiger partial charge in [-0.15, -0.1) is 0 Å². The maximum Gasteiger partial charge on any atom is 0.0406 e. The van der Waals surface area contributed by atoms with E-state index in [1.807, 2.05) is 0 Å². The van der Waals surface area contributed by atoms with Gasteiger partial charge in [0.15, 0.2) is 0 Å². The summed E-state index contributed by atoms with van der Waals surface area (Å²) in [6.45, 7) is 4.63. The molecule has 5 aromatic rings. The largest absolute Gasteiger partial charge is 0.0843 e. The molecule has 0 aliphatic rings. The van der Waals surface area contributed by atoms with E-state index in [0.29, 0.717) is 0 Å². The van der Waals surface area contributed by atoms with Crippen molar-refractivity contribution in [2.75, 3.05) is 0 Å². The molecule has 0 amide bonds. The van der Waals surface area contributed by atoms with Crippen molar-refractivity contribution in [2.24, 2.45) is 5.41 Å². The van der Waals surface area contributed by atoms with Gasteiger partial charge in [0.1, 0.15) is 0 Å². The van der Waals surface area contributed by atoms with Crippen molar-refractivity contribution in [1.29, 1.82) is 0 Å². The van der Waals surface area contributed by atoms with E-state index in [1.165, 1.54) is 244 Å². The lowest BCUT2D eigenvalue weighted by atomic mass is 9.66. The van der Waals surface area contributed by atoms with Crippen LogP contribution in [0.1, 0.15) is 236 Å². The molecular weight excluding hydrogens is 828 g/mol. The molecule has 0 aromatic heterocycles. The summed E-state index contributed by atoms with van der Waals surface area (Å²) in [6.07, 6.45) is 50.2. The van der Waals surface area contributed by atoms with Crippen molar-refractivity contribution in [3.05, 3.63) is 143 Å². The normalized spacial score (nSPS) is 12.9. The SMILES string of the molecule is CCCCCCCCCCCCCCCCCCC(=CCc1ccc2ccccc2c1)C(CCCCCCCCCCCCCCCC)(Cc1ccc(Cl)cc1)Cc1cccc2ccccc12. The van der Waals surface area contributed by atoms with Gasteiger partial charge in [-0.3, -0.25) is 0 Å². The van der Waals surface area contributed by atoms with Crippen LogP contribution in [0.4, 0.5) is 0 Å². The Morgan fingerprint density at radius 1 is 0.403 bits per heavy atom. The summed E-state index contributed by atoms with van der Waals surface area (Å²) in [7, 11) is 0. The Balaban J connectivity index is 1.29. The van der Waals surface area contributed by atoms with Gasteiger partial charge in [-0.25, -0.2) is 0 Å². The maximum absolute atomic E-state index is 6.57. The maximum atomic E-state index is 6.57. The number of fused-ring (bicyclic) bond motifs is 2. The highest BCUT2D eigenvalue weighted by atomic mass is 35.5. The molecule has 0 nitrogen and oxygen atoms in total. The number of rotatable bonds is 39. The first-order valence-electron chi connectivity index (χ1n) is 28.5. The van der Waals surface area contributed by atoms with Gasteiger partial charge in [0.2, 0.25) is 0 Å². The summed E-state index contributed by atoms with van der Waals surface area (Å²) >= 11 is 6.57. The Morgan fingerprint density at radius 3 is 1.40 bits per heavy atom. The lowest BCUT2D eigenvalue weighted by Crippen LogP contribution is -2.30. The lowest BCUT2D eigenvalue weighted by Gasteiger charge is -2.38. The lowest BCUT2D eigenvalue weighted by molar-refractivity contribution is 0.293. The van der Waals surface area contributed by atoms with Gasteiger partial charge < -0.3 is 0 Å². The van der Waals surface area contributed by atoms with E-state index in [4.69, 9.17) is 11.6 Å². The van der Waals surface area contributed by atoms with Crippen molar-refractivity contribution in [3.63, 3.8) is 0 Å². The van der Waals surface area contributed by atoms with E-state index >= 15 is 0 Å². The van der Waals surface area contributed by atoms with Gasteiger partial charge in [0, 0.05) is 5.02 Å². The predicted molar refractivity (Wildman–Crippen MR) is 300 cm³/mol. The molecule has 0 saturated heterocycles. The van der Waals surface area contributed by atoms with Crippen LogP contribution in [0.5, 0.6) is 0 Å². The summed E-state index contributed by atoms with van der Waals surface area (Å²) in [5, 5.41) is 6.28. The molecule has 0 bridgehead atoms. The molecule has 0 heterocycles. The fraction of sp³-hybridized carbons (Fsp3) is 0.576. The zero-order valence-corrected chi connectivity index (χ0v) is 43.9. The van der Waals surface area contributed by atoms with E-state index in [2.05, 4.69) is 129 Å². The van der Waals surface area contributed by atoms with Crippen molar-refractivity contribution in [3.8, 4) is 0 Å². The topological polar surface area (TPSA) is 0 Å². The van der Waals surface area contributed by atoms with E-state index in [9.17, 15) is 0 Å². The number of allylic oxidation sites excluding steroid dienone is 2. The third-order valence-electron chi connectivity index (χ3n) is 15.3. The minimum absolute atomic E-state index is 0.0153. The van der Waals surface area contributed by atoms with Crippen LogP contribution in [0, 0.1) is 5.41 Å². The van der Waals surface area contributed by atoms with Crippen LogP contribution >= 0.6 is 11.6 Å². The molecule has 5 rings (SSSR count). The number of unbranched alkanes of at least 4 members (excludes halogenated alkanes) is 28. The second-order valence-corrected chi connectivity index (χ2v) is 21.3. The fourth-order valence-corrected chi connectivity index (χ4v) is 11.3. The van der Waals surface area contributed by atoms with E-state index in [-0.39, 0.29) is 5.41 Å². The molecule has 5 aromatic carbocycles.